The van der Waals surface area contributed by atoms with Crippen LogP contribution in [0.3, 0.4) is 0 Å². The van der Waals surface area contributed by atoms with Crippen LogP contribution in [0.15, 0.2) is 35.1 Å². The third-order valence-corrected chi connectivity index (χ3v) is 7.52. The van der Waals surface area contributed by atoms with Crippen molar-refractivity contribution in [1.29, 1.82) is 0 Å². The summed E-state index contributed by atoms with van der Waals surface area (Å²) in [4.78, 5) is 31.9. The zero-order valence-corrected chi connectivity index (χ0v) is 21.8. The Labute approximate surface area is 221 Å². The topological polar surface area (TPSA) is 121 Å². The van der Waals surface area contributed by atoms with Gasteiger partial charge in [-0.25, -0.2) is 9.97 Å². The molecule has 1 unspecified atom stereocenters. The van der Waals surface area contributed by atoms with Gasteiger partial charge in [-0.15, -0.1) is 0 Å². The van der Waals surface area contributed by atoms with Crippen LogP contribution in [0, 0.1) is 0 Å². The van der Waals surface area contributed by atoms with E-state index in [1.54, 1.807) is 11.2 Å². The summed E-state index contributed by atoms with van der Waals surface area (Å²) in [6.07, 6.45) is 4.39. The van der Waals surface area contributed by atoms with E-state index >= 15 is 0 Å². The second-order valence-corrected chi connectivity index (χ2v) is 10.5. The maximum absolute atomic E-state index is 12.4. The Hall–Kier alpha value is -3.73. The van der Waals surface area contributed by atoms with Gasteiger partial charge >= 0.3 is 6.01 Å². The number of carbonyl (C=O) groups is 1. The van der Waals surface area contributed by atoms with E-state index in [-0.39, 0.29) is 24.3 Å². The number of aliphatic hydroxyl groups excluding tert-OH is 1. The van der Waals surface area contributed by atoms with E-state index in [2.05, 4.69) is 42.0 Å². The summed E-state index contributed by atoms with van der Waals surface area (Å²) in [6, 6.07) is 8.60. The number of piperidine rings is 2. The van der Waals surface area contributed by atoms with Gasteiger partial charge in [-0.1, -0.05) is 19.0 Å². The van der Waals surface area contributed by atoms with Gasteiger partial charge in [0.1, 0.15) is 18.2 Å². The molecule has 0 radical (unpaired) electrons. The lowest BCUT2D eigenvalue weighted by molar-refractivity contribution is -0.122. The Morgan fingerprint density at radius 2 is 1.89 bits per heavy atom. The molecular weight excluding hydrogens is 486 g/mol. The minimum Gasteiger partial charge on any atom is -0.474 e. The zero-order valence-electron chi connectivity index (χ0n) is 21.8. The molecule has 6 rings (SSSR count). The Morgan fingerprint density at radius 1 is 1.05 bits per heavy atom. The molecule has 11 nitrogen and oxygen atoms in total. The minimum atomic E-state index is -0.534. The highest BCUT2D eigenvalue weighted by molar-refractivity contribution is 5.95. The number of aromatic nitrogens is 4. The standard InChI is InChI=1S/C27H33N7O4/c1-17(2)26-30-27(38-31-26)32-9-7-21(8-10-32)37-24-15-23(28-16-29-24)34-11-5-18-13-19(3-4-22(18)34)33-12-6-20(35)14-25(33)36/h3-4,13,15-17,20-21,35H,5-12,14H2,1-2H3. The van der Waals surface area contributed by atoms with Crippen LogP contribution in [0.25, 0.3) is 0 Å². The lowest BCUT2D eigenvalue weighted by Crippen LogP contribution is -2.40. The molecule has 2 saturated heterocycles. The molecule has 0 saturated carbocycles. The Kier molecular flexibility index (Phi) is 6.61. The average Bonchev–Trinajstić information content (AvgIpc) is 3.57. The van der Waals surface area contributed by atoms with Gasteiger partial charge in [-0.3, -0.25) is 4.79 Å². The van der Waals surface area contributed by atoms with Gasteiger partial charge in [-0.05, 0) is 36.6 Å². The molecule has 5 heterocycles. The van der Waals surface area contributed by atoms with E-state index in [1.165, 1.54) is 5.56 Å². The van der Waals surface area contributed by atoms with Crippen molar-refractivity contribution in [3.05, 3.63) is 42.0 Å². The second-order valence-electron chi connectivity index (χ2n) is 10.5. The third kappa shape index (κ3) is 4.90. The van der Waals surface area contributed by atoms with Crippen LogP contribution in [0.2, 0.25) is 0 Å². The summed E-state index contributed by atoms with van der Waals surface area (Å²) in [5.41, 5.74) is 3.15. The normalized spacial score (nSPS) is 20.4. The molecule has 0 spiro atoms. The van der Waals surface area contributed by atoms with Crippen molar-refractivity contribution in [2.75, 3.05) is 40.9 Å². The Morgan fingerprint density at radius 3 is 2.66 bits per heavy atom. The van der Waals surface area contributed by atoms with E-state index in [0.29, 0.717) is 24.9 Å². The van der Waals surface area contributed by atoms with Crippen LogP contribution >= 0.6 is 0 Å². The first kappa shape index (κ1) is 24.6. The molecular formula is C27H33N7O4. The number of benzene rings is 1. The average molecular weight is 520 g/mol. The van der Waals surface area contributed by atoms with Crippen molar-refractivity contribution in [2.24, 2.45) is 0 Å². The van der Waals surface area contributed by atoms with Gasteiger partial charge in [0.05, 0.1) is 12.5 Å². The number of carbonyl (C=O) groups excluding carboxylic acids is 1. The number of amides is 1. The van der Waals surface area contributed by atoms with Crippen molar-refractivity contribution in [3.8, 4) is 5.88 Å². The highest BCUT2D eigenvalue weighted by Crippen LogP contribution is 2.37. The molecule has 11 heteroatoms. The first-order chi connectivity index (χ1) is 18.4. The van der Waals surface area contributed by atoms with E-state index in [1.807, 2.05) is 26.0 Å². The number of anilines is 4. The van der Waals surface area contributed by atoms with Crippen molar-refractivity contribution in [1.82, 2.24) is 20.1 Å². The molecule has 1 amide bonds. The van der Waals surface area contributed by atoms with Crippen molar-refractivity contribution in [3.63, 3.8) is 0 Å². The maximum Gasteiger partial charge on any atom is 0.324 e. The third-order valence-electron chi connectivity index (χ3n) is 7.52. The minimum absolute atomic E-state index is 0.0284. The summed E-state index contributed by atoms with van der Waals surface area (Å²) in [5, 5.41) is 13.8. The number of fused-ring (bicyclic) bond motifs is 1. The van der Waals surface area contributed by atoms with Crippen LogP contribution in [-0.4, -0.2) is 69.5 Å². The summed E-state index contributed by atoms with van der Waals surface area (Å²) in [7, 11) is 0. The number of aliphatic hydroxyl groups is 1. The second kappa shape index (κ2) is 10.2. The summed E-state index contributed by atoms with van der Waals surface area (Å²) < 4.78 is 11.7. The largest absolute Gasteiger partial charge is 0.474 e. The quantitative estimate of drug-likeness (QED) is 0.520. The molecule has 1 N–H and O–H groups in total. The molecule has 2 aromatic heterocycles. The molecule has 0 aliphatic carbocycles. The fourth-order valence-electron chi connectivity index (χ4n) is 5.35. The summed E-state index contributed by atoms with van der Waals surface area (Å²) in [5.74, 6) is 2.30. The Bertz CT molecular complexity index is 1300. The Balaban J connectivity index is 1.09. The maximum atomic E-state index is 12.4. The molecule has 200 valence electrons. The predicted octanol–water partition coefficient (Wildman–Crippen LogP) is 3.21. The zero-order chi connectivity index (χ0) is 26.2. The van der Waals surface area contributed by atoms with Crippen molar-refractivity contribution < 1.29 is 19.2 Å². The lowest BCUT2D eigenvalue weighted by atomic mass is 10.0. The van der Waals surface area contributed by atoms with Crippen molar-refractivity contribution >= 4 is 29.1 Å². The monoisotopic (exact) mass is 519 g/mol. The molecule has 1 atom stereocenters. The van der Waals surface area contributed by atoms with Gasteiger partial charge < -0.3 is 29.1 Å². The number of ether oxygens (including phenoxy) is 1. The molecule has 1 aromatic carbocycles. The molecule has 38 heavy (non-hydrogen) atoms. The number of nitrogens with zero attached hydrogens (tertiary/aromatic N) is 7. The summed E-state index contributed by atoms with van der Waals surface area (Å²) >= 11 is 0. The van der Waals surface area contributed by atoms with Crippen LogP contribution in [0.5, 0.6) is 5.88 Å². The summed E-state index contributed by atoms with van der Waals surface area (Å²) in [6.45, 7) is 7.00. The first-order valence-corrected chi connectivity index (χ1v) is 13.4. The van der Waals surface area contributed by atoms with Crippen LogP contribution in [0.4, 0.5) is 23.2 Å². The smallest absolute Gasteiger partial charge is 0.324 e. The van der Waals surface area contributed by atoms with Crippen LogP contribution in [-0.2, 0) is 11.2 Å². The van der Waals surface area contributed by atoms with Gasteiger partial charge in [0, 0.05) is 62.4 Å². The van der Waals surface area contributed by atoms with Gasteiger partial charge in [0.15, 0.2) is 5.82 Å². The number of hydrogen-bond acceptors (Lipinski definition) is 10. The molecule has 3 aliphatic heterocycles. The number of rotatable bonds is 6. The van der Waals surface area contributed by atoms with E-state index in [0.717, 1.165) is 61.9 Å². The lowest BCUT2D eigenvalue weighted by Gasteiger charge is -2.30. The van der Waals surface area contributed by atoms with Gasteiger partial charge in [0.25, 0.3) is 0 Å². The van der Waals surface area contributed by atoms with E-state index < -0.39 is 6.10 Å². The molecule has 0 bridgehead atoms. The predicted molar refractivity (Wildman–Crippen MR) is 141 cm³/mol. The van der Waals surface area contributed by atoms with Crippen LogP contribution in [0.1, 0.15) is 56.8 Å². The highest BCUT2D eigenvalue weighted by atomic mass is 16.5. The van der Waals surface area contributed by atoms with Gasteiger partial charge in [-0.2, -0.15) is 4.98 Å². The van der Waals surface area contributed by atoms with Crippen LogP contribution < -0.4 is 19.4 Å². The van der Waals surface area contributed by atoms with Crippen molar-refractivity contribution in [2.45, 2.75) is 64.1 Å². The number of hydrogen-bond donors (Lipinski definition) is 1. The highest BCUT2D eigenvalue weighted by Gasteiger charge is 2.29. The fraction of sp³-hybridized carbons (Fsp3) is 0.519. The van der Waals surface area contributed by atoms with Gasteiger partial charge in [0.2, 0.25) is 11.8 Å². The molecule has 3 aliphatic rings. The fourth-order valence-corrected chi connectivity index (χ4v) is 5.35. The SMILES string of the molecule is CC(C)c1noc(N2CCC(Oc3cc(N4CCc5cc(N6CCC(O)CC6=O)ccc54)ncn3)CC2)n1. The van der Waals surface area contributed by atoms with E-state index in [9.17, 15) is 9.90 Å². The molecule has 2 fully saturated rings. The molecule has 3 aromatic rings. The first-order valence-electron chi connectivity index (χ1n) is 13.4. The van der Waals surface area contributed by atoms with E-state index in [4.69, 9.17) is 9.26 Å².